The second-order valence-corrected chi connectivity index (χ2v) is 4.32. The number of aryl methyl sites for hydroxylation is 1. The molecular formula is C12H11N3O3. The Kier molecular flexibility index (Phi) is 2.13. The van der Waals surface area contributed by atoms with Crippen molar-refractivity contribution in [3.63, 3.8) is 0 Å². The fourth-order valence-corrected chi connectivity index (χ4v) is 2.39. The zero-order chi connectivity index (χ0) is 12.9. The normalized spacial score (nSPS) is 13.7. The molecule has 2 heterocycles. The van der Waals surface area contributed by atoms with Gasteiger partial charge in [-0.2, -0.15) is 0 Å². The molecule has 0 unspecified atom stereocenters. The van der Waals surface area contributed by atoms with Gasteiger partial charge < -0.3 is 10.1 Å². The predicted octanol–water partition coefficient (Wildman–Crippen LogP) is 0.262. The van der Waals surface area contributed by atoms with E-state index in [1.165, 1.54) is 9.13 Å². The number of carbonyl (C=O) groups is 2. The van der Waals surface area contributed by atoms with Crippen molar-refractivity contribution in [1.82, 2.24) is 9.13 Å². The molecular weight excluding hydrogens is 234 g/mol. The van der Waals surface area contributed by atoms with Crippen molar-refractivity contribution in [2.24, 2.45) is 0 Å². The number of rotatable bonds is 2. The molecule has 2 aromatic rings. The van der Waals surface area contributed by atoms with Crippen molar-refractivity contribution in [2.45, 2.75) is 20.0 Å². The molecule has 0 atom stereocenters. The van der Waals surface area contributed by atoms with Crippen molar-refractivity contribution < 1.29 is 9.59 Å². The van der Waals surface area contributed by atoms with Crippen LogP contribution in [0.5, 0.6) is 0 Å². The first kappa shape index (κ1) is 10.8. The summed E-state index contributed by atoms with van der Waals surface area (Å²) in [6, 6.07) is 3.63. The highest BCUT2D eigenvalue weighted by Crippen LogP contribution is 2.29. The first-order chi connectivity index (χ1) is 8.63. The molecule has 0 aliphatic carbocycles. The molecule has 0 bridgehead atoms. The minimum absolute atomic E-state index is 0.000967. The molecule has 0 fully saturated rings. The van der Waals surface area contributed by atoms with Gasteiger partial charge in [-0.3, -0.25) is 13.9 Å². The molecule has 3 rings (SSSR count). The lowest BCUT2D eigenvalue weighted by atomic mass is 10.1. The van der Waals surface area contributed by atoms with Crippen molar-refractivity contribution in [1.29, 1.82) is 0 Å². The monoisotopic (exact) mass is 245 g/mol. The van der Waals surface area contributed by atoms with Crippen LogP contribution in [0.2, 0.25) is 0 Å². The summed E-state index contributed by atoms with van der Waals surface area (Å²) in [4.78, 5) is 34.4. The number of benzene rings is 1. The van der Waals surface area contributed by atoms with Gasteiger partial charge in [0.15, 0.2) is 0 Å². The van der Waals surface area contributed by atoms with Crippen LogP contribution >= 0.6 is 0 Å². The molecule has 1 aliphatic heterocycles. The van der Waals surface area contributed by atoms with E-state index in [0.29, 0.717) is 23.0 Å². The van der Waals surface area contributed by atoms with E-state index >= 15 is 0 Å². The third-order valence-electron chi connectivity index (χ3n) is 3.21. The molecule has 6 heteroatoms. The molecule has 1 aromatic heterocycles. The maximum Gasteiger partial charge on any atom is 0.330 e. The Hall–Kier alpha value is -2.37. The summed E-state index contributed by atoms with van der Waals surface area (Å²) >= 11 is 0. The van der Waals surface area contributed by atoms with Crippen LogP contribution in [0.15, 0.2) is 16.9 Å². The summed E-state index contributed by atoms with van der Waals surface area (Å²) < 4.78 is 2.80. The highest BCUT2D eigenvalue weighted by molar-refractivity contribution is 6.04. The standard InChI is InChI=1S/C12H11N3O3/c1-7-2-3-8-11-10(7)13-9(17)6-15(11)12(18)14(8)4-5-16/h2-3,5H,4,6H2,1H3,(H,13,17). The van der Waals surface area contributed by atoms with Gasteiger partial charge in [0.1, 0.15) is 12.8 Å². The van der Waals surface area contributed by atoms with Gasteiger partial charge in [-0.15, -0.1) is 0 Å². The van der Waals surface area contributed by atoms with Gasteiger partial charge in [0, 0.05) is 0 Å². The molecule has 0 saturated carbocycles. The van der Waals surface area contributed by atoms with Crippen LogP contribution in [0.3, 0.4) is 0 Å². The average Bonchev–Trinajstić information content (AvgIpc) is 2.60. The maximum absolute atomic E-state index is 12.1. The van der Waals surface area contributed by atoms with E-state index in [1.54, 1.807) is 6.07 Å². The van der Waals surface area contributed by atoms with Gasteiger partial charge in [-0.1, -0.05) is 6.07 Å². The summed E-state index contributed by atoms with van der Waals surface area (Å²) in [7, 11) is 0. The van der Waals surface area contributed by atoms with E-state index in [0.717, 1.165) is 5.56 Å². The fraction of sp³-hybridized carbons (Fsp3) is 0.250. The molecule has 6 nitrogen and oxygen atoms in total. The lowest BCUT2D eigenvalue weighted by Gasteiger charge is -2.16. The number of nitrogens with one attached hydrogen (secondary N) is 1. The van der Waals surface area contributed by atoms with E-state index in [1.807, 2.05) is 13.0 Å². The number of amides is 1. The number of nitrogens with zero attached hydrogens (tertiary/aromatic N) is 2. The highest BCUT2D eigenvalue weighted by atomic mass is 16.2. The van der Waals surface area contributed by atoms with Crippen LogP contribution in [0, 0.1) is 6.92 Å². The first-order valence-electron chi connectivity index (χ1n) is 5.59. The lowest BCUT2D eigenvalue weighted by molar-refractivity contribution is -0.116. The smallest absolute Gasteiger partial charge is 0.322 e. The summed E-state index contributed by atoms with van der Waals surface area (Å²) in [5, 5.41) is 2.77. The lowest BCUT2D eigenvalue weighted by Crippen LogP contribution is -2.32. The quantitative estimate of drug-likeness (QED) is 0.771. The van der Waals surface area contributed by atoms with Gasteiger partial charge in [0.25, 0.3) is 0 Å². The third kappa shape index (κ3) is 1.25. The Bertz CT molecular complexity index is 739. The molecule has 0 spiro atoms. The van der Waals surface area contributed by atoms with Crippen LogP contribution in [0.4, 0.5) is 5.69 Å². The molecule has 1 aliphatic rings. The minimum Gasteiger partial charge on any atom is -0.322 e. The van der Waals surface area contributed by atoms with E-state index < -0.39 is 0 Å². The van der Waals surface area contributed by atoms with Crippen LogP contribution in [-0.4, -0.2) is 21.3 Å². The SMILES string of the molecule is Cc1ccc2c3c1NC(=O)Cn3c(=O)n2CC=O. The van der Waals surface area contributed by atoms with Crippen LogP contribution in [0.1, 0.15) is 5.56 Å². The Balaban J connectivity index is 2.48. The van der Waals surface area contributed by atoms with Gasteiger partial charge in [0.05, 0.1) is 23.3 Å². The highest BCUT2D eigenvalue weighted by Gasteiger charge is 2.24. The average molecular weight is 245 g/mol. The summed E-state index contributed by atoms with van der Waals surface area (Å²) in [5.41, 5.74) is 2.60. The summed E-state index contributed by atoms with van der Waals surface area (Å²) in [6.45, 7) is 1.86. The second-order valence-electron chi connectivity index (χ2n) is 4.32. The van der Waals surface area contributed by atoms with Crippen molar-refractivity contribution in [3.8, 4) is 0 Å². The summed E-state index contributed by atoms with van der Waals surface area (Å²) in [5.74, 6) is -0.218. The molecule has 0 radical (unpaired) electrons. The number of aromatic nitrogens is 2. The maximum atomic E-state index is 12.1. The van der Waals surface area contributed by atoms with Crippen LogP contribution in [-0.2, 0) is 22.7 Å². The molecule has 1 amide bonds. The van der Waals surface area contributed by atoms with Gasteiger partial charge in [-0.25, -0.2) is 4.79 Å². The molecule has 0 saturated heterocycles. The number of aldehydes is 1. The van der Waals surface area contributed by atoms with Crippen molar-refractivity contribution in [2.75, 3.05) is 5.32 Å². The van der Waals surface area contributed by atoms with Gasteiger partial charge >= 0.3 is 5.69 Å². The van der Waals surface area contributed by atoms with Crippen LogP contribution < -0.4 is 11.0 Å². The van der Waals surface area contributed by atoms with Crippen molar-refractivity contribution in [3.05, 3.63) is 28.2 Å². The first-order valence-corrected chi connectivity index (χ1v) is 5.59. The van der Waals surface area contributed by atoms with Gasteiger partial charge in [-0.05, 0) is 18.6 Å². The Labute approximate surface area is 102 Å². The van der Waals surface area contributed by atoms with E-state index in [9.17, 15) is 14.4 Å². The van der Waals surface area contributed by atoms with E-state index in [-0.39, 0.29) is 24.7 Å². The molecule has 1 aromatic carbocycles. The summed E-state index contributed by atoms with van der Waals surface area (Å²) in [6.07, 6.45) is 0.678. The number of anilines is 1. The fourth-order valence-electron chi connectivity index (χ4n) is 2.39. The van der Waals surface area contributed by atoms with E-state index in [2.05, 4.69) is 5.32 Å². The topological polar surface area (TPSA) is 73.1 Å². The molecule has 1 N–H and O–H groups in total. The zero-order valence-electron chi connectivity index (χ0n) is 9.77. The predicted molar refractivity (Wildman–Crippen MR) is 65.6 cm³/mol. The molecule has 92 valence electrons. The minimum atomic E-state index is -0.321. The second kappa shape index (κ2) is 3.56. The Morgan fingerprint density at radius 3 is 2.89 bits per heavy atom. The molecule has 18 heavy (non-hydrogen) atoms. The number of hydrogen-bond acceptors (Lipinski definition) is 3. The largest absolute Gasteiger partial charge is 0.330 e. The van der Waals surface area contributed by atoms with Crippen LogP contribution in [0.25, 0.3) is 11.0 Å². The zero-order valence-corrected chi connectivity index (χ0v) is 9.77. The number of hydrogen-bond donors (Lipinski definition) is 1. The number of imidazole rings is 1. The van der Waals surface area contributed by atoms with Crippen molar-refractivity contribution >= 4 is 28.9 Å². The van der Waals surface area contributed by atoms with E-state index in [4.69, 9.17) is 0 Å². The third-order valence-corrected chi connectivity index (χ3v) is 3.21. The Morgan fingerprint density at radius 1 is 1.39 bits per heavy atom. The number of carbonyl (C=O) groups excluding carboxylic acids is 2. The van der Waals surface area contributed by atoms with Gasteiger partial charge in [0.2, 0.25) is 5.91 Å². The Morgan fingerprint density at radius 2 is 2.17 bits per heavy atom.